The van der Waals surface area contributed by atoms with Crippen LogP contribution >= 0.6 is 11.3 Å². The zero-order chi connectivity index (χ0) is 18.1. The van der Waals surface area contributed by atoms with Crippen molar-refractivity contribution in [1.82, 2.24) is 9.55 Å². The predicted octanol–water partition coefficient (Wildman–Crippen LogP) is 3.58. The quantitative estimate of drug-likeness (QED) is 0.778. The van der Waals surface area contributed by atoms with E-state index in [0.717, 1.165) is 27.4 Å². The van der Waals surface area contributed by atoms with Crippen LogP contribution in [0.1, 0.15) is 28.8 Å². The highest BCUT2D eigenvalue weighted by molar-refractivity contribution is 7.18. The molecule has 0 radical (unpaired) electrons. The first kappa shape index (κ1) is 17.4. The summed E-state index contributed by atoms with van der Waals surface area (Å²) in [5, 5.41) is 3.44. The maximum Gasteiger partial charge on any atom is 0.262 e. The molecule has 0 bridgehead atoms. The van der Waals surface area contributed by atoms with Crippen LogP contribution in [0.5, 0.6) is 0 Å². The van der Waals surface area contributed by atoms with Gasteiger partial charge in [0.2, 0.25) is 5.91 Å². The summed E-state index contributed by atoms with van der Waals surface area (Å²) in [5.41, 5.74) is 2.86. The Bertz CT molecular complexity index is 1020. The number of thiophene rings is 1. The van der Waals surface area contributed by atoms with E-state index in [1.165, 1.54) is 21.5 Å². The van der Waals surface area contributed by atoms with Crippen LogP contribution in [-0.2, 0) is 17.8 Å². The van der Waals surface area contributed by atoms with Crippen LogP contribution in [0, 0.1) is 20.8 Å². The summed E-state index contributed by atoms with van der Waals surface area (Å²) in [6, 6.07) is 7.64. The van der Waals surface area contributed by atoms with Crippen molar-refractivity contribution >= 4 is 33.1 Å². The molecule has 0 unspecified atom stereocenters. The number of benzene rings is 1. The molecule has 0 aliphatic heterocycles. The number of hydrogen-bond acceptors (Lipinski definition) is 4. The highest BCUT2D eigenvalue weighted by atomic mass is 32.1. The van der Waals surface area contributed by atoms with Gasteiger partial charge in [0.1, 0.15) is 17.2 Å². The first-order valence-corrected chi connectivity index (χ1v) is 9.07. The molecule has 6 heteroatoms. The van der Waals surface area contributed by atoms with Gasteiger partial charge < -0.3 is 5.32 Å². The fourth-order valence-corrected chi connectivity index (χ4v) is 3.69. The standard InChI is InChI=1S/C19H21N3O2S/c1-5-15-9-16-18(25-15)20-13(4)22(19(16)24)10-17(23)21-14-7-6-11(2)12(3)8-14/h6-9H,5,10H2,1-4H3,(H,21,23). The number of anilines is 1. The number of aromatic nitrogens is 2. The lowest BCUT2D eigenvalue weighted by Gasteiger charge is -2.11. The molecule has 0 saturated heterocycles. The summed E-state index contributed by atoms with van der Waals surface area (Å²) in [4.78, 5) is 31.5. The number of carbonyl (C=O) groups is 1. The van der Waals surface area contributed by atoms with Crippen LogP contribution in [0.25, 0.3) is 10.2 Å². The lowest BCUT2D eigenvalue weighted by atomic mass is 10.1. The van der Waals surface area contributed by atoms with Gasteiger partial charge >= 0.3 is 0 Å². The number of nitrogens with zero attached hydrogens (tertiary/aromatic N) is 2. The molecule has 0 fully saturated rings. The summed E-state index contributed by atoms with van der Waals surface area (Å²) in [7, 11) is 0. The molecule has 25 heavy (non-hydrogen) atoms. The van der Waals surface area contributed by atoms with E-state index in [0.29, 0.717) is 11.2 Å². The number of aryl methyl sites for hydroxylation is 4. The topological polar surface area (TPSA) is 64.0 Å². The van der Waals surface area contributed by atoms with E-state index in [9.17, 15) is 9.59 Å². The number of rotatable bonds is 4. The SMILES string of the molecule is CCc1cc2c(=O)n(CC(=O)Nc3ccc(C)c(C)c3)c(C)nc2s1. The minimum atomic E-state index is -0.236. The van der Waals surface area contributed by atoms with Crippen molar-refractivity contribution in [2.45, 2.75) is 40.7 Å². The summed E-state index contributed by atoms with van der Waals surface area (Å²) in [6.45, 7) is 7.79. The second kappa shape index (κ2) is 6.80. The number of carbonyl (C=O) groups excluding carboxylic acids is 1. The van der Waals surface area contributed by atoms with Gasteiger partial charge in [-0.3, -0.25) is 14.2 Å². The van der Waals surface area contributed by atoms with E-state index in [4.69, 9.17) is 0 Å². The number of amides is 1. The van der Waals surface area contributed by atoms with Crippen molar-refractivity contribution in [3.63, 3.8) is 0 Å². The van der Waals surface area contributed by atoms with Crippen molar-refractivity contribution in [2.75, 3.05) is 5.32 Å². The van der Waals surface area contributed by atoms with Gasteiger partial charge in [-0.05, 0) is 56.5 Å². The average molecular weight is 355 g/mol. The summed E-state index contributed by atoms with van der Waals surface area (Å²) >= 11 is 1.53. The molecule has 130 valence electrons. The van der Waals surface area contributed by atoms with E-state index in [1.54, 1.807) is 6.92 Å². The first-order valence-electron chi connectivity index (χ1n) is 8.26. The Morgan fingerprint density at radius 1 is 1.20 bits per heavy atom. The summed E-state index contributed by atoms with van der Waals surface area (Å²) in [6.07, 6.45) is 0.868. The molecular formula is C19H21N3O2S. The van der Waals surface area contributed by atoms with Crippen molar-refractivity contribution in [2.24, 2.45) is 0 Å². The summed E-state index contributed by atoms with van der Waals surface area (Å²) < 4.78 is 1.44. The minimum absolute atomic E-state index is 0.0438. The second-order valence-corrected chi connectivity index (χ2v) is 7.30. The fraction of sp³-hybridized carbons (Fsp3) is 0.316. The Morgan fingerprint density at radius 2 is 1.96 bits per heavy atom. The van der Waals surface area contributed by atoms with Gasteiger partial charge in [-0.2, -0.15) is 0 Å². The van der Waals surface area contributed by atoms with Crippen molar-refractivity contribution in [3.05, 3.63) is 56.4 Å². The van der Waals surface area contributed by atoms with Gasteiger partial charge in [0.25, 0.3) is 5.56 Å². The predicted molar refractivity (Wildman–Crippen MR) is 103 cm³/mol. The molecule has 0 atom stereocenters. The van der Waals surface area contributed by atoms with Gasteiger partial charge in [0.05, 0.1) is 5.39 Å². The van der Waals surface area contributed by atoms with E-state index in [2.05, 4.69) is 10.3 Å². The average Bonchev–Trinajstić information content (AvgIpc) is 2.98. The van der Waals surface area contributed by atoms with Crippen LogP contribution in [-0.4, -0.2) is 15.5 Å². The normalized spacial score (nSPS) is 11.0. The molecule has 1 aromatic carbocycles. The zero-order valence-corrected chi connectivity index (χ0v) is 15.7. The monoisotopic (exact) mass is 355 g/mol. The fourth-order valence-electron chi connectivity index (χ4n) is 2.69. The van der Waals surface area contributed by atoms with Crippen LogP contribution < -0.4 is 10.9 Å². The Balaban J connectivity index is 1.87. The van der Waals surface area contributed by atoms with Crippen LogP contribution in [0.15, 0.2) is 29.1 Å². The van der Waals surface area contributed by atoms with Gasteiger partial charge in [0, 0.05) is 10.6 Å². The van der Waals surface area contributed by atoms with E-state index in [1.807, 2.05) is 45.0 Å². The molecule has 3 rings (SSSR count). The third kappa shape index (κ3) is 3.49. The molecule has 0 saturated carbocycles. The van der Waals surface area contributed by atoms with Crippen molar-refractivity contribution < 1.29 is 4.79 Å². The Kier molecular flexibility index (Phi) is 4.72. The highest BCUT2D eigenvalue weighted by Crippen LogP contribution is 2.22. The molecule has 3 aromatic rings. The van der Waals surface area contributed by atoms with Gasteiger partial charge in [-0.25, -0.2) is 4.98 Å². The smallest absolute Gasteiger partial charge is 0.262 e. The molecular weight excluding hydrogens is 334 g/mol. The van der Waals surface area contributed by atoms with Crippen LogP contribution in [0.4, 0.5) is 5.69 Å². The van der Waals surface area contributed by atoms with Gasteiger partial charge in [-0.15, -0.1) is 11.3 Å². The Morgan fingerprint density at radius 3 is 2.64 bits per heavy atom. The van der Waals surface area contributed by atoms with Crippen molar-refractivity contribution in [1.29, 1.82) is 0 Å². The van der Waals surface area contributed by atoms with E-state index >= 15 is 0 Å². The van der Waals surface area contributed by atoms with Crippen molar-refractivity contribution in [3.8, 4) is 0 Å². The number of nitrogens with one attached hydrogen (secondary N) is 1. The highest BCUT2D eigenvalue weighted by Gasteiger charge is 2.14. The molecule has 2 heterocycles. The second-order valence-electron chi connectivity index (χ2n) is 6.18. The number of fused-ring (bicyclic) bond motifs is 1. The molecule has 0 spiro atoms. The molecule has 0 aliphatic carbocycles. The van der Waals surface area contributed by atoms with Gasteiger partial charge in [-0.1, -0.05) is 13.0 Å². The van der Waals surface area contributed by atoms with Crippen LogP contribution in [0.2, 0.25) is 0 Å². The maximum atomic E-state index is 12.7. The maximum absolute atomic E-state index is 12.7. The van der Waals surface area contributed by atoms with E-state index in [-0.39, 0.29) is 18.0 Å². The molecule has 1 amide bonds. The molecule has 1 N–H and O–H groups in total. The zero-order valence-electron chi connectivity index (χ0n) is 14.8. The van der Waals surface area contributed by atoms with E-state index < -0.39 is 0 Å². The third-order valence-electron chi connectivity index (χ3n) is 4.33. The molecule has 2 aromatic heterocycles. The third-order valence-corrected chi connectivity index (χ3v) is 5.51. The molecule has 5 nitrogen and oxygen atoms in total. The Labute approximate surface area is 150 Å². The first-order chi connectivity index (χ1) is 11.9. The largest absolute Gasteiger partial charge is 0.325 e. The van der Waals surface area contributed by atoms with Gasteiger partial charge in [0.15, 0.2) is 0 Å². The lowest BCUT2D eigenvalue weighted by Crippen LogP contribution is -2.29. The summed E-state index contributed by atoms with van der Waals surface area (Å²) in [5.74, 6) is 0.317. The molecule has 0 aliphatic rings. The number of hydrogen-bond donors (Lipinski definition) is 1. The van der Waals surface area contributed by atoms with Crippen LogP contribution in [0.3, 0.4) is 0 Å². The lowest BCUT2D eigenvalue weighted by molar-refractivity contribution is -0.116. The Hall–Kier alpha value is -2.47. The minimum Gasteiger partial charge on any atom is -0.325 e.